The number of hydrogen-bond donors (Lipinski definition) is 3. The summed E-state index contributed by atoms with van der Waals surface area (Å²) in [4.78, 5) is 35.6. The van der Waals surface area contributed by atoms with E-state index in [1.165, 1.54) is 44.4 Å². The molecule has 10 heteroatoms. The SMILES string of the molecule is COC(=O)c1ccccc1NS(=O)(=O)c1ccc2c(c1)NC(=O)[C@@H](C)C(=O)N2. The number of rotatable bonds is 4. The predicted octanol–water partition coefficient (Wildman–Crippen LogP) is 1.80. The number of amides is 2. The fraction of sp³-hybridized carbons (Fsp3) is 0.167. The van der Waals surface area contributed by atoms with E-state index in [1.54, 1.807) is 12.1 Å². The van der Waals surface area contributed by atoms with Crippen LogP contribution in [0.4, 0.5) is 17.1 Å². The summed E-state index contributed by atoms with van der Waals surface area (Å²) in [5.74, 6) is -2.64. The van der Waals surface area contributed by atoms with E-state index in [2.05, 4.69) is 20.1 Å². The number of para-hydroxylation sites is 1. The van der Waals surface area contributed by atoms with Crippen molar-refractivity contribution in [2.45, 2.75) is 11.8 Å². The van der Waals surface area contributed by atoms with Gasteiger partial charge < -0.3 is 15.4 Å². The quantitative estimate of drug-likeness (QED) is 0.527. The first-order valence-electron chi connectivity index (χ1n) is 8.19. The van der Waals surface area contributed by atoms with Gasteiger partial charge in [0.2, 0.25) is 11.8 Å². The zero-order valence-electron chi connectivity index (χ0n) is 15.0. The van der Waals surface area contributed by atoms with E-state index in [0.29, 0.717) is 0 Å². The van der Waals surface area contributed by atoms with Crippen LogP contribution in [-0.2, 0) is 24.3 Å². The van der Waals surface area contributed by atoms with Crippen LogP contribution >= 0.6 is 0 Å². The maximum absolute atomic E-state index is 12.8. The average molecular weight is 403 g/mol. The second-order valence-corrected chi connectivity index (χ2v) is 7.73. The van der Waals surface area contributed by atoms with Gasteiger partial charge in [0.05, 0.1) is 34.6 Å². The molecule has 0 aliphatic carbocycles. The van der Waals surface area contributed by atoms with Crippen molar-refractivity contribution in [3.05, 3.63) is 48.0 Å². The fourth-order valence-electron chi connectivity index (χ4n) is 2.57. The number of carbonyl (C=O) groups excluding carboxylic acids is 3. The normalized spacial score (nSPS) is 16.3. The van der Waals surface area contributed by atoms with Gasteiger partial charge in [-0.05, 0) is 37.3 Å². The molecule has 0 spiro atoms. The highest BCUT2D eigenvalue weighted by Gasteiger charge is 2.28. The van der Waals surface area contributed by atoms with Gasteiger partial charge in [-0.25, -0.2) is 13.2 Å². The summed E-state index contributed by atoms with van der Waals surface area (Å²) < 4.78 is 32.6. The van der Waals surface area contributed by atoms with Crippen LogP contribution in [0.2, 0.25) is 0 Å². The molecule has 146 valence electrons. The van der Waals surface area contributed by atoms with Crippen molar-refractivity contribution >= 4 is 44.9 Å². The molecule has 0 bridgehead atoms. The Morgan fingerprint density at radius 1 is 1.04 bits per heavy atom. The summed E-state index contributed by atoms with van der Waals surface area (Å²) in [6, 6.07) is 9.89. The van der Waals surface area contributed by atoms with Gasteiger partial charge in [-0.15, -0.1) is 0 Å². The molecule has 1 heterocycles. The highest BCUT2D eigenvalue weighted by atomic mass is 32.2. The van der Waals surface area contributed by atoms with Crippen molar-refractivity contribution in [1.29, 1.82) is 0 Å². The summed E-state index contributed by atoms with van der Waals surface area (Å²) in [5.41, 5.74) is 0.552. The van der Waals surface area contributed by atoms with Crippen LogP contribution in [0.25, 0.3) is 0 Å². The molecule has 3 N–H and O–H groups in total. The van der Waals surface area contributed by atoms with E-state index in [9.17, 15) is 22.8 Å². The molecule has 2 aromatic carbocycles. The molecule has 28 heavy (non-hydrogen) atoms. The Balaban J connectivity index is 1.97. The lowest BCUT2D eigenvalue weighted by Gasteiger charge is -2.13. The standard InChI is InChI=1S/C18H17N3O6S/c1-10-16(22)19-14-8-7-11(9-15(14)20-17(10)23)28(25,26)21-13-6-4-3-5-12(13)18(24)27-2/h3-10,21H,1-2H3,(H,19,22)(H,20,23)/t10-/m0/s1. The molecule has 0 unspecified atom stereocenters. The fourth-order valence-corrected chi connectivity index (χ4v) is 3.67. The van der Waals surface area contributed by atoms with Gasteiger partial charge in [0, 0.05) is 0 Å². The summed E-state index contributed by atoms with van der Waals surface area (Å²) >= 11 is 0. The maximum atomic E-state index is 12.8. The Hall–Kier alpha value is -3.40. The monoisotopic (exact) mass is 403 g/mol. The lowest BCUT2D eigenvalue weighted by Crippen LogP contribution is -2.28. The number of esters is 1. The number of benzene rings is 2. The summed E-state index contributed by atoms with van der Waals surface area (Å²) in [6.45, 7) is 1.44. The largest absolute Gasteiger partial charge is 0.465 e. The molecule has 0 saturated heterocycles. The lowest BCUT2D eigenvalue weighted by molar-refractivity contribution is -0.128. The first-order valence-corrected chi connectivity index (χ1v) is 9.67. The topological polar surface area (TPSA) is 131 Å². The lowest BCUT2D eigenvalue weighted by atomic mass is 10.1. The molecular formula is C18H17N3O6S. The van der Waals surface area contributed by atoms with Gasteiger partial charge in [0.1, 0.15) is 5.92 Å². The molecule has 2 amide bonds. The molecule has 0 fully saturated rings. The number of sulfonamides is 1. The second kappa shape index (κ2) is 7.31. The number of fused-ring (bicyclic) bond motifs is 1. The van der Waals surface area contributed by atoms with E-state index < -0.39 is 33.7 Å². The minimum atomic E-state index is -4.09. The molecule has 0 radical (unpaired) electrons. The van der Waals surface area contributed by atoms with Crippen LogP contribution < -0.4 is 15.4 Å². The van der Waals surface area contributed by atoms with Gasteiger partial charge in [0.15, 0.2) is 0 Å². The Morgan fingerprint density at radius 2 is 1.68 bits per heavy atom. The minimum Gasteiger partial charge on any atom is -0.465 e. The Morgan fingerprint density at radius 3 is 2.36 bits per heavy atom. The molecule has 3 rings (SSSR count). The smallest absolute Gasteiger partial charge is 0.339 e. The first kappa shape index (κ1) is 19.4. The van der Waals surface area contributed by atoms with Crippen molar-refractivity contribution < 1.29 is 27.5 Å². The second-order valence-electron chi connectivity index (χ2n) is 6.05. The van der Waals surface area contributed by atoms with E-state index in [4.69, 9.17) is 0 Å². The van der Waals surface area contributed by atoms with Crippen molar-refractivity contribution in [1.82, 2.24) is 0 Å². The highest BCUT2D eigenvalue weighted by Crippen LogP contribution is 2.30. The van der Waals surface area contributed by atoms with Crippen LogP contribution in [0.5, 0.6) is 0 Å². The van der Waals surface area contributed by atoms with Crippen molar-refractivity contribution in [2.75, 3.05) is 22.5 Å². The number of anilines is 3. The van der Waals surface area contributed by atoms with Crippen LogP contribution in [0.1, 0.15) is 17.3 Å². The van der Waals surface area contributed by atoms with Crippen molar-refractivity contribution in [3.63, 3.8) is 0 Å². The molecule has 9 nitrogen and oxygen atoms in total. The molecule has 0 aromatic heterocycles. The molecule has 1 aliphatic heterocycles. The average Bonchev–Trinajstić information content (AvgIpc) is 2.77. The van der Waals surface area contributed by atoms with Crippen molar-refractivity contribution in [3.8, 4) is 0 Å². The number of ether oxygens (including phenoxy) is 1. The Kier molecular flexibility index (Phi) is 5.06. The van der Waals surface area contributed by atoms with Crippen LogP contribution in [0, 0.1) is 5.92 Å². The number of hydrogen-bond acceptors (Lipinski definition) is 6. The zero-order valence-corrected chi connectivity index (χ0v) is 15.8. The van der Waals surface area contributed by atoms with E-state index in [1.807, 2.05) is 0 Å². The van der Waals surface area contributed by atoms with Gasteiger partial charge in [-0.3, -0.25) is 14.3 Å². The van der Waals surface area contributed by atoms with Crippen LogP contribution in [0.15, 0.2) is 47.4 Å². The highest BCUT2D eigenvalue weighted by molar-refractivity contribution is 7.92. The molecule has 0 saturated carbocycles. The third kappa shape index (κ3) is 3.67. The van der Waals surface area contributed by atoms with Crippen LogP contribution in [-0.4, -0.2) is 33.3 Å². The van der Waals surface area contributed by atoms with Crippen LogP contribution in [0.3, 0.4) is 0 Å². The third-order valence-electron chi connectivity index (χ3n) is 4.18. The Bertz CT molecular complexity index is 1080. The summed E-state index contributed by atoms with van der Waals surface area (Å²) in [6.07, 6.45) is 0. The van der Waals surface area contributed by atoms with Gasteiger partial charge in [-0.1, -0.05) is 12.1 Å². The first-order chi connectivity index (χ1) is 13.2. The number of nitrogens with one attached hydrogen (secondary N) is 3. The number of methoxy groups -OCH3 is 1. The minimum absolute atomic E-state index is 0.0512. The summed E-state index contributed by atoms with van der Waals surface area (Å²) in [7, 11) is -2.90. The zero-order chi connectivity index (χ0) is 20.5. The predicted molar refractivity (Wildman–Crippen MR) is 101 cm³/mol. The van der Waals surface area contributed by atoms with Gasteiger partial charge in [-0.2, -0.15) is 0 Å². The van der Waals surface area contributed by atoms with E-state index in [-0.39, 0.29) is 27.5 Å². The molecular weight excluding hydrogens is 386 g/mol. The van der Waals surface area contributed by atoms with Gasteiger partial charge in [0.25, 0.3) is 10.0 Å². The van der Waals surface area contributed by atoms with E-state index in [0.717, 1.165) is 0 Å². The molecule has 1 aliphatic rings. The summed E-state index contributed by atoms with van der Waals surface area (Å²) in [5, 5.41) is 5.09. The van der Waals surface area contributed by atoms with E-state index >= 15 is 0 Å². The van der Waals surface area contributed by atoms with Gasteiger partial charge >= 0.3 is 5.97 Å². The van der Waals surface area contributed by atoms with Crippen molar-refractivity contribution in [2.24, 2.45) is 5.92 Å². The maximum Gasteiger partial charge on any atom is 0.339 e. The molecule has 1 atom stereocenters. The molecule has 2 aromatic rings. The third-order valence-corrected chi connectivity index (χ3v) is 5.54. The number of carbonyl (C=O) groups is 3. The Labute approximate surface area is 161 Å².